The fraction of sp³-hybridized carbons (Fsp3) is 0.467. The number of nitrogens with zero attached hydrogens (tertiary/aromatic N) is 2. The van der Waals surface area contributed by atoms with Crippen molar-refractivity contribution in [1.29, 1.82) is 0 Å². The summed E-state index contributed by atoms with van der Waals surface area (Å²) in [7, 11) is 3.45. The Morgan fingerprint density at radius 2 is 1.95 bits per heavy atom. The molecular weight excluding hydrogens is 270 g/mol. The summed E-state index contributed by atoms with van der Waals surface area (Å²) in [6.07, 6.45) is 0. The molecule has 0 radical (unpaired) electrons. The Labute approximate surface area is 124 Å². The van der Waals surface area contributed by atoms with Crippen molar-refractivity contribution in [2.75, 3.05) is 33.8 Å². The molecule has 1 aliphatic rings. The molecule has 0 aliphatic carbocycles. The van der Waals surface area contributed by atoms with Gasteiger partial charge in [-0.15, -0.1) is 0 Å². The van der Waals surface area contributed by atoms with Crippen molar-refractivity contribution in [3.8, 4) is 5.75 Å². The quantitative estimate of drug-likeness (QED) is 0.801. The second-order valence-electron chi connectivity index (χ2n) is 4.99. The van der Waals surface area contributed by atoms with Crippen LogP contribution in [0.4, 0.5) is 4.79 Å². The number of nitrogens with one attached hydrogen (secondary N) is 1. The Hall–Kier alpha value is -2.08. The number of carbonyl (C=O) groups is 2. The molecule has 2 rings (SSSR count). The molecule has 1 N–H and O–H groups in total. The van der Waals surface area contributed by atoms with E-state index >= 15 is 0 Å². The normalized spacial score (nSPS) is 16.5. The first-order chi connectivity index (χ1) is 10.1. The number of rotatable bonds is 6. The number of amides is 3. The highest BCUT2D eigenvalue weighted by Gasteiger charge is 2.34. The van der Waals surface area contributed by atoms with Crippen molar-refractivity contribution in [1.82, 2.24) is 15.1 Å². The maximum absolute atomic E-state index is 11.9. The molecule has 0 spiro atoms. The van der Waals surface area contributed by atoms with Crippen molar-refractivity contribution >= 4 is 11.9 Å². The number of benzene rings is 1. The van der Waals surface area contributed by atoms with Gasteiger partial charge in [-0.25, -0.2) is 4.79 Å². The Kier molecular flexibility index (Phi) is 4.80. The van der Waals surface area contributed by atoms with E-state index in [-0.39, 0.29) is 24.5 Å². The highest BCUT2D eigenvalue weighted by molar-refractivity contribution is 6.01. The third-order valence-electron chi connectivity index (χ3n) is 3.54. The molecule has 1 unspecified atom stereocenters. The summed E-state index contributed by atoms with van der Waals surface area (Å²) in [5, 5.41) is 3.15. The molecule has 1 aromatic carbocycles. The van der Waals surface area contributed by atoms with Crippen LogP contribution in [0.25, 0.3) is 0 Å². The Bertz CT molecular complexity index is 515. The summed E-state index contributed by atoms with van der Waals surface area (Å²) in [6, 6.07) is 7.33. The van der Waals surface area contributed by atoms with Crippen molar-refractivity contribution in [2.24, 2.45) is 0 Å². The highest BCUT2D eigenvalue weighted by atomic mass is 16.5. The van der Waals surface area contributed by atoms with Crippen LogP contribution >= 0.6 is 0 Å². The molecular formula is C15H21N3O3. The first-order valence-electron chi connectivity index (χ1n) is 7.02. The Morgan fingerprint density at radius 3 is 2.43 bits per heavy atom. The molecule has 0 saturated carbocycles. The van der Waals surface area contributed by atoms with Gasteiger partial charge in [0, 0.05) is 13.6 Å². The first-order valence-corrected chi connectivity index (χ1v) is 7.02. The van der Waals surface area contributed by atoms with Crippen molar-refractivity contribution in [3.63, 3.8) is 0 Å². The van der Waals surface area contributed by atoms with Gasteiger partial charge in [-0.1, -0.05) is 12.1 Å². The van der Waals surface area contributed by atoms with Crippen LogP contribution in [0.15, 0.2) is 24.3 Å². The second kappa shape index (κ2) is 6.58. The minimum atomic E-state index is -0.244. The number of likely N-dealkylation sites (N-methyl/N-ethyl adjacent to an activating group) is 2. The third kappa shape index (κ3) is 3.33. The standard InChI is InChI=1S/C15H21N3O3/c1-4-21-12-7-5-11(6-8-12)13(16-2)9-18-14(19)10-17(3)15(18)20/h5-8,13,16H,4,9-10H2,1-3H3. The number of urea groups is 1. The van der Waals surface area contributed by atoms with E-state index in [0.29, 0.717) is 13.2 Å². The average Bonchev–Trinajstić information content (AvgIpc) is 2.72. The zero-order valence-corrected chi connectivity index (χ0v) is 12.6. The number of carbonyl (C=O) groups excluding carboxylic acids is 2. The van der Waals surface area contributed by atoms with E-state index in [4.69, 9.17) is 4.74 Å². The maximum atomic E-state index is 11.9. The van der Waals surface area contributed by atoms with E-state index in [9.17, 15) is 9.59 Å². The van der Waals surface area contributed by atoms with Crippen LogP contribution in [0, 0.1) is 0 Å². The Morgan fingerprint density at radius 1 is 1.29 bits per heavy atom. The molecule has 1 fully saturated rings. The monoisotopic (exact) mass is 291 g/mol. The fourth-order valence-corrected chi connectivity index (χ4v) is 2.36. The first kappa shape index (κ1) is 15.3. The predicted octanol–water partition coefficient (Wildman–Crippen LogP) is 1.24. The molecule has 6 heteroatoms. The summed E-state index contributed by atoms with van der Waals surface area (Å²) >= 11 is 0. The smallest absolute Gasteiger partial charge is 0.327 e. The van der Waals surface area contributed by atoms with E-state index < -0.39 is 0 Å². The van der Waals surface area contributed by atoms with Gasteiger partial charge in [0.25, 0.3) is 0 Å². The molecule has 1 aromatic rings. The lowest BCUT2D eigenvalue weighted by molar-refractivity contribution is -0.125. The van der Waals surface area contributed by atoms with E-state index in [1.54, 1.807) is 7.05 Å². The van der Waals surface area contributed by atoms with Gasteiger partial charge in [0.1, 0.15) is 12.3 Å². The maximum Gasteiger partial charge on any atom is 0.327 e. The van der Waals surface area contributed by atoms with Crippen LogP contribution in [0.2, 0.25) is 0 Å². The number of hydrogen-bond donors (Lipinski definition) is 1. The van der Waals surface area contributed by atoms with Crippen LogP contribution in [-0.2, 0) is 4.79 Å². The van der Waals surface area contributed by atoms with Gasteiger partial charge < -0.3 is 15.0 Å². The molecule has 0 aromatic heterocycles. The molecule has 1 heterocycles. The van der Waals surface area contributed by atoms with Gasteiger partial charge in [-0.05, 0) is 31.7 Å². The molecule has 0 bridgehead atoms. The molecule has 1 aliphatic heterocycles. The summed E-state index contributed by atoms with van der Waals surface area (Å²) in [5.41, 5.74) is 1.01. The minimum Gasteiger partial charge on any atom is -0.494 e. The molecule has 3 amide bonds. The number of hydrogen-bond acceptors (Lipinski definition) is 4. The average molecular weight is 291 g/mol. The summed E-state index contributed by atoms with van der Waals surface area (Å²) in [4.78, 5) is 26.5. The van der Waals surface area contributed by atoms with Gasteiger partial charge in [-0.3, -0.25) is 9.69 Å². The van der Waals surface area contributed by atoms with Crippen LogP contribution in [-0.4, -0.2) is 55.5 Å². The van der Waals surface area contributed by atoms with Gasteiger partial charge in [-0.2, -0.15) is 0 Å². The number of imide groups is 1. The molecule has 114 valence electrons. The van der Waals surface area contributed by atoms with Crippen LogP contribution < -0.4 is 10.1 Å². The van der Waals surface area contributed by atoms with Gasteiger partial charge in [0.05, 0.1) is 12.6 Å². The second-order valence-corrected chi connectivity index (χ2v) is 4.99. The topological polar surface area (TPSA) is 61.9 Å². The van der Waals surface area contributed by atoms with Gasteiger partial charge in [0.15, 0.2) is 0 Å². The summed E-state index contributed by atoms with van der Waals surface area (Å²) in [6.45, 7) is 3.04. The Balaban J connectivity index is 2.09. The lowest BCUT2D eigenvalue weighted by Crippen LogP contribution is -2.38. The largest absolute Gasteiger partial charge is 0.494 e. The summed E-state index contributed by atoms with van der Waals surface area (Å²) < 4.78 is 5.41. The van der Waals surface area contributed by atoms with E-state index in [1.165, 1.54) is 9.80 Å². The van der Waals surface area contributed by atoms with E-state index in [1.807, 2.05) is 38.2 Å². The molecule has 1 saturated heterocycles. The highest BCUT2D eigenvalue weighted by Crippen LogP contribution is 2.20. The van der Waals surface area contributed by atoms with Crippen molar-refractivity contribution < 1.29 is 14.3 Å². The SMILES string of the molecule is CCOc1ccc(C(CN2C(=O)CN(C)C2=O)NC)cc1. The number of ether oxygens (including phenoxy) is 1. The van der Waals surface area contributed by atoms with Crippen molar-refractivity contribution in [2.45, 2.75) is 13.0 Å². The van der Waals surface area contributed by atoms with E-state index in [2.05, 4.69) is 5.32 Å². The zero-order chi connectivity index (χ0) is 15.4. The molecule has 1 atom stereocenters. The molecule has 6 nitrogen and oxygen atoms in total. The fourth-order valence-electron chi connectivity index (χ4n) is 2.36. The van der Waals surface area contributed by atoms with Crippen molar-refractivity contribution in [3.05, 3.63) is 29.8 Å². The lowest BCUT2D eigenvalue weighted by Gasteiger charge is -2.22. The van der Waals surface area contributed by atoms with Crippen LogP contribution in [0.5, 0.6) is 5.75 Å². The van der Waals surface area contributed by atoms with E-state index in [0.717, 1.165) is 11.3 Å². The zero-order valence-electron chi connectivity index (χ0n) is 12.6. The van der Waals surface area contributed by atoms with Crippen LogP contribution in [0.1, 0.15) is 18.5 Å². The predicted molar refractivity (Wildman–Crippen MR) is 79.2 cm³/mol. The van der Waals surface area contributed by atoms with Gasteiger partial charge >= 0.3 is 6.03 Å². The summed E-state index contributed by atoms with van der Waals surface area (Å²) in [5.74, 6) is 0.651. The van der Waals surface area contributed by atoms with Gasteiger partial charge in [0.2, 0.25) is 5.91 Å². The lowest BCUT2D eigenvalue weighted by atomic mass is 10.1. The van der Waals surface area contributed by atoms with Crippen LogP contribution in [0.3, 0.4) is 0 Å². The minimum absolute atomic E-state index is 0.0972. The third-order valence-corrected chi connectivity index (χ3v) is 3.54. The molecule has 21 heavy (non-hydrogen) atoms.